The first kappa shape index (κ1) is 31.7. The van der Waals surface area contributed by atoms with Gasteiger partial charge in [-0.1, -0.05) is 23.9 Å². The summed E-state index contributed by atoms with van der Waals surface area (Å²) in [4.78, 5) is 12.1. The Hall–Kier alpha value is -1.28. The molecule has 12 nitrogen and oxygen atoms in total. The first-order valence-electron chi connectivity index (χ1n) is 10.9. The zero-order valence-electron chi connectivity index (χ0n) is 20.8. The molecule has 5 atom stereocenters. The van der Waals surface area contributed by atoms with Gasteiger partial charge in [-0.2, -0.15) is 0 Å². The van der Waals surface area contributed by atoms with Gasteiger partial charge in [-0.05, 0) is 27.7 Å². The molecule has 0 spiro atoms. The van der Waals surface area contributed by atoms with Gasteiger partial charge < -0.3 is 30.1 Å². The van der Waals surface area contributed by atoms with Crippen LogP contribution in [0.4, 0.5) is 0 Å². The van der Waals surface area contributed by atoms with E-state index in [2.05, 4.69) is 17.0 Å². The molecule has 3 unspecified atom stereocenters. The van der Waals surface area contributed by atoms with Crippen molar-refractivity contribution in [1.29, 1.82) is 5.41 Å². The van der Waals surface area contributed by atoms with Gasteiger partial charge in [0, 0.05) is 24.6 Å². The Balaban J connectivity index is 2.74. The number of hydrogen-bond acceptors (Lipinski definition) is 12. The van der Waals surface area contributed by atoms with Crippen molar-refractivity contribution in [3.05, 3.63) is 24.4 Å². The van der Waals surface area contributed by atoms with Gasteiger partial charge in [0.05, 0.1) is 32.3 Å². The van der Waals surface area contributed by atoms with Crippen LogP contribution in [0.3, 0.4) is 0 Å². The molecule has 1 aliphatic heterocycles. The predicted octanol–water partition coefficient (Wildman–Crippen LogP) is 1.14. The number of nitrogens with one attached hydrogen (secondary N) is 3. The minimum absolute atomic E-state index is 0.0927. The van der Waals surface area contributed by atoms with E-state index in [0.717, 1.165) is 11.8 Å². The van der Waals surface area contributed by atoms with E-state index in [4.69, 9.17) is 23.9 Å². The Morgan fingerprint density at radius 3 is 2.63 bits per heavy atom. The van der Waals surface area contributed by atoms with Crippen LogP contribution in [0.2, 0.25) is 0 Å². The van der Waals surface area contributed by atoms with E-state index < -0.39 is 37.2 Å². The van der Waals surface area contributed by atoms with Crippen molar-refractivity contribution >= 4 is 30.5 Å². The predicted molar refractivity (Wildman–Crippen MR) is 133 cm³/mol. The molecular weight excluding hydrogens is 501 g/mol. The SMILES string of the molecule is C=C(C)CNP(=O)(OCCSC(=O)C(C)(C)CO)OC[C@H]1O[C@@H](N/C=C\C(=N)OC)C(C)(O)C1O. The smallest absolute Gasteiger partial charge is 0.405 e. The van der Waals surface area contributed by atoms with Crippen molar-refractivity contribution in [1.82, 2.24) is 10.4 Å². The zero-order valence-corrected chi connectivity index (χ0v) is 22.5. The molecule has 0 aromatic rings. The van der Waals surface area contributed by atoms with E-state index in [9.17, 15) is 24.7 Å². The second-order valence-corrected chi connectivity index (χ2v) is 11.8. The highest BCUT2D eigenvalue weighted by atomic mass is 32.2. The summed E-state index contributed by atoms with van der Waals surface area (Å²) in [5, 5.41) is 43.0. The van der Waals surface area contributed by atoms with Gasteiger partial charge in [0.1, 0.15) is 17.8 Å². The summed E-state index contributed by atoms with van der Waals surface area (Å²) in [6.45, 7) is 9.42. The van der Waals surface area contributed by atoms with Crippen LogP contribution in [-0.2, 0) is 27.9 Å². The summed E-state index contributed by atoms with van der Waals surface area (Å²) in [7, 11) is -2.56. The molecule has 0 aromatic heterocycles. The molecule has 35 heavy (non-hydrogen) atoms. The molecule has 1 fully saturated rings. The van der Waals surface area contributed by atoms with E-state index in [1.165, 1.54) is 26.3 Å². The van der Waals surface area contributed by atoms with E-state index >= 15 is 0 Å². The summed E-state index contributed by atoms with van der Waals surface area (Å²) in [6, 6.07) is 0. The summed E-state index contributed by atoms with van der Waals surface area (Å²) in [5.41, 5.74) is -1.95. The molecular formula is C21H38N3O9PS. The standard InChI is InChI=1S/C21H38N3O9PS/c1-14(2)11-24-34(29,31-9-10-35-19(27)20(3,4)13-25)32-12-15-17(26)21(5,28)18(33-15)23-8-7-16(22)30-6/h7-8,15,17-18,22-23,25-26,28H,1,9-13H2,2-6H3,(H,24,29)/b8-7-,22-16?/t15-,17?,18-,21?,34?/m1/s1. The molecule has 0 bridgehead atoms. The van der Waals surface area contributed by atoms with Crippen LogP contribution in [0.1, 0.15) is 27.7 Å². The van der Waals surface area contributed by atoms with E-state index in [1.807, 2.05) is 0 Å². The van der Waals surface area contributed by atoms with Crippen LogP contribution in [-0.4, -0.2) is 89.6 Å². The van der Waals surface area contributed by atoms with Crippen molar-refractivity contribution in [2.75, 3.05) is 39.2 Å². The van der Waals surface area contributed by atoms with Gasteiger partial charge in [-0.15, -0.1) is 0 Å². The highest BCUT2D eigenvalue weighted by molar-refractivity contribution is 8.13. The maximum Gasteiger partial charge on any atom is 0.405 e. The molecule has 0 radical (unpaired) electrons. The lowest BCUT2D eigenvalue weighted by Gasteiger charge is -2.26. The molecule has 0 aromatic carbocycles. The molecule has 1 saturated heterocycles. The largest absolute Gasteiger partial charge is 0.481 e. The average molecular weight is 540 g/mol. The molecule has 0 aliphatic carbocycles. The molecule has 202 valence electrons. The highest BCUT2D eigenvalue weighted by Gasteiger charge is 2.52. The van der Waals surface area contributed by atoms with Gasteiger partial charge in [0.15, 0.2) is 11.3 Å². The Bertz CT molecular complexity index is 822. The zero-order chi connectivity index (χ0) is 26.9. The topological polar surface area (TPSA) is 180 Å². The monoisotopic (exact) mass is 539 g/mol. The third-order valence-corrected chi connectivity index (χ3v) is 7.75. The summed E-state index contributed by atoms with van der Waals surface area (Å²) < 4.78 is 34.5. The summed E-state index contributed by atoms with van der Waals surface area (Å²) in [5.74, 6) is 0.0493. The van der Waals surface area contributed by atoms with Crippen LogP contribution < -0.4 is 10.4 Å². The number of thioether (sulfide) groups is 1. The molecule has 1 aliphatic rings. The first-order valence-corrected chi connectivity index (χ1v) is 13.4. The van der Waals surface area contributed by atoms with Crippen molar-refractivity contribution in [3.8, 4) is 0 Å². The van der Waals surface area contributed by atoms with E-state index in [1.54, 1.807) is 20.8 Å². The lowest BCUT2D eigenvalue weighted by molar-refractivity contribution is -0.119. The summed E-state index contributed by atoms with van der Waals surface area (Å²) in [6.07, 6.45) is -0.862. The van der Waals surface area contributed by atoms with Crippen molar-refractivity contribution in [2.45, 2.75) is 51.7 Å². The number of aliphatic hydroxyl groups is 3. The van der Waals surface area contributed by atoms with Crippen molar-refractivity contribution in [2.24, 2.45) is 5.41 Å². The van der Waals surface area contributed by atoms with Crippen molar-refractivity contribution < 1.29 is 43.2 Å². The normalized spacial score (nSPS) is 26.5. The fourth-order valence-electron chi connectivity index (χ4n) is 2.62. The van der Waals surface area contributed by atoms with E-state index in [0.29, 0.717) is 5.57 Å². The van der Waals surface area contributed by atoms with Gasteiger partial charge in [-0.3, -0.25) is 19.3 Å². The van der Waals surface area contributed by atoms with Gasteiger partial charge in [0.2, 0.25) is 5.90 Å². The third-order valence-electron chi connectivity index (χ3n) is 5.00. The van der Waals surface area contributed by atoms with Gasteiger partial charge in [-0.25, -0.2) is 9.65 Å². The fraction of sp³-hybridized carbons (Fsp3) is 0.714. The Morgan fingerprint density at radius 1 is 1.40 bits per heavy atom. The Kier molecular flexibility index (Phi) is 12.6. The first-order chi connectivity index (χ1) is 16.2. The fourth-order valence-corrected chi connectivity index (χ4v) is 4.95. The van der Waals surface area contributed by atoms with Crippen LogP contribution >= 0.6 is 19.5 Å². The Labute approximate surface area is 210 Å². The van der Waals surface area contributed by atoms with Crippen LogP contribution in [0.5, 0.6) is 0 Å². The maximum absolute atomic E-state index is 13.2. The third kappa shape index (κ3) is 9.95. The second kappa shape index (κ2) is 13.9. The minimum Gasteiger partial charge on any atom is -0.481 e. The van der Waals surface area contributed by atoms with Crippen LogP contribution in [0.25, 0.3) is 0 Å². The molecule has 1 heterocycles. The molecule has 1 rings (SSSR count). The van der Waals surface area contributed by atoms with Crippen LogP contribution in [0, 0.1) is 10.8 Å². The minimum atomic E-state index is -3.90. The number of aliphatic hydroxyl groups excluding tert-OH is 2. The van der Waals surface area contributed by atoms with E-state index in [-0.39, 0.29) is 43.1 Å². The number of hydrogen-bond donors (Lipinski definition) is 6. The molecule has 0 saturated carbocycles. The average Bonchev–Trinajstić information content (AvgIpc) is 3.02. The van der Waals surface area contributed by atoms with Gasteiger partial charge in [0.25, 0.3) is 0 Å². The lowest BCUT2D eigenvalue weighted by Crippen LogP contribution is -2.50. The van der Waals surface area contributed by atoms with Crippen LogP contribution in [0.15, 0.2) is 24.4 Å². The molecule has 6 N–H and O–H groups in total. The quantitative estimate of drug-likeness (QED) is 0.0575. The number of carbonyl (C=O) groups excluding carboxylic acids is 1. The lowest BCUT2D eigenvalue weighted by atomic mass is 9.97. The molecule has 0 amide bonds. The molecule has 14 heteroatoms. The number of carbonyl (C=O) groups is 1. The van der Waals surface area contributed by atoms with Gasteiger partial charge >= 0.3 is 7.75 Å². The Morgan fingerprint density at radius 2 is 2.06 bits per heavy atom. The number of ether oxygens (including phenoxy) is 2. The van der Waals surface area contributed by atoms with Crippen molar-refractivity contribution in [3.63, 3.8) is 0 Å². The highest BCUT2D eigenvalue weighted by Crippen LogP contribution is 2.45. The second-order valence-electron chi connectivity index (χ2n) is 8.89. The number of methoxy groups -OCH3 is 1. The maximum atomic E-state index is 13.2. The summed E-state index contributed by atoms with van der Waals surface area (Å²) >= 11 is 0.946. The number of rotatable bonds is 15.